The Morgan fingerprint density at radius 2 is 1.58 bits per heavy atom. The summed E-state index contributed by atoms with van der Waals surface area (Å²) < 4.78 is 11.0. The lowest BCUT2D eigenvalue weighted by atomic mass is 9.97. The highest BCUT2D eigenvalue weighted by Gasteiger charge is 2.30. The second-order valence-corrected chi connectivity index (χ2v) is 9.18. The van der Waals surface area contributed by atoms with Crippen LogP contribution in [0.3, 0.4) is 0 Å². The molecule has 1 heterocycles. The van der Waals surface area contributed by atoms with Gasteiger partial charge in [0.1, 0.15) is 5.60 Å². The van der Waals surface area contributed by atoms with Crippen molar-refractivity contribution >= 4 is 5.97 Å². The quantitative estimate of drug-likeness (QED) is 0.370. The van der Waals surface area contributed by atoms with Crippen LogP contribution in [0.4, 0.5) is 0 Å². The molecule has 0 unspecified atom stereocenters. The Morgan fingerprint density at radius 1 is 0.939 bits per heavy atom. The van der Waals surface area contributed by atoms with Crippen molar-refractivity contribution < 1.29 is 14.3 Å². The van der Waals surface area contributed by atoms with Gasteiger partial charge in [-0.1, -0.05) is 66.7 Å². The van der Waals surface area contributed by atoms with E-state index in [1.54, 1.807) is 13.3 Å². The Balaban J connectivity index is 2.02. The smallest absolute Gasteiger partial charge is 0.308 e. The average molecular weight is 447 g/mol. The first-order valence-electron chi connectivity index (χ1n) is 11.3. The summed E-state index contributed by atoms with van der Waals surface area (Å²) in [6, 6.07) is 24.3. The van der Waals surface area contributed by atoms with Gasteiger partial charge in [0, 0.05) is 30.9 Å². The highest BCUT2D eigenvalue weighted by Crippen LogP contribution is 2.35. The minimum atomic E-state index is -0.547. The Kier molecular flexibility index (Phi) is 8.23. The zero-order valence-corrected chi connectivity index (χ0v) is 20.2. The van der Waals surface area contributed by atoms with Gasteiger partial charge in [-0.05, 0) is 44.4 Å². The molecule has 174 valence electrons. The maximum Gasteiger partial charge on any atom is 0.308 e. The molecule has 0 saturated carbocycles. The molecule has 0 N–H and O–H groups in total. The fourth-order valence-corrected chi connectivity index (χ4v) is 3.91. The second kappa shape index (κ2) is 11.1. The number of aromatic nitrogens is 1. The predicted octanol–water partition coefficient (Wildman–Crippen LogP) is 6.13. The molecule has 3 aromatic rings. The zero-order chi connectivity index (χ0) is 23.8. The van der Waals surface area contributed by atoms with Crippen molar-refractivity contribution in [2.45, 2.75) is 58.3 Å². The molecule has 0 amide bonds. The zero-order valence-electron chi connectivity index (χ0n) is 20.2. The van der Waals surface area contributed by atoms with Gasteiger partial charge in [-0.25, -0.2) is 4.98 Å². The molecule has 33 heavy (non-hydrogen) atoms. The number of benzene rings is 2. The van der Waals surface area contributed by atoms with E-state index in [0.717, 1.165) is 5.56 Å². The topological polar surface area (TPSA) is 51.7 Å². The molecule has 0 radical (unpaired) electrons. The van der Waals surface area contributed by atoms with Gasteiger partial charge < -0.3 is 9.47 Å². The molecule has 0 bridgehead atoms. The van der Waals surface area contributed by atoms with Crippen LogP contribution in [0.2, 0.25) is 0 Å². The number of carbonyl (C=O) groups excluding carboxylic acids is 1. The molecule has 1 aromatic heterocycles. The van der Waals surface area contributed by atoms with Crippen LogP contribution in [0.25, 0.3) is 0 Å². The van der Waals surface area contributed by atoms with Crippen molar-refractivity contribution in [1.29, 1.82) is 0 Å². The first-order valence-corrected chi connectivity index (χ1v) is 11.3. The first kappa shape index (κ1) is 24.5. The number of rotatable bonds is 9. The third-order valence-electron chi connectivity index (χ3n) is 5.52. The van der Waals surface area contributed by atoms with Crippen molar-refractivity contribution in [3.63, 3.8) is 0 Å². The molecule has 2 aromatic carbocycles. The lowest BCUT2D eigenvalue weighted by molar-refractivity contribution is -0.156. The minimum Gasteiger partial charge on any atom is -0.481 e. The molecule has 0 aliphatic heterocycles. The van der Waals surface area contributed by atoms with Crippen molar-refractivity contribution in [2.24, 2.45) is 0 Å². The van der Waals surface area contributed by atoms with Crippen LogP contribution >= 0.6 is 0 Å². The van der Waals surface area contributed by atoms with Crippen molar-refractivity contribution in [3.8, 4) is 5.88 Å². The van der Waals surface area contributed by atoms with Crippen LogP contribution in [-0.4, -0.2) is 28.6 Å². The Bertz CT molecular complexity index is 999. The number of hydrogen-bond acceptors (Lipinski definition) is 5. The Labute approximate surface area is 197 Å². The number of carbonyl (C=O) groups is 1. The maximum atomic E-state index is 13.0. The van der Waals surface area contributed by atoms with E-state index in [1.165, 1.54) is 11.1 Å². The number of hydrogen-bond donors (Lipinski definition) is 0. The van der Waals surface area contributed by atoms with Crippen molar-refractivity contribution in [1.82, 2.24) is 9.88 Å². The lowest BCUT2D eigenvalue weighted by Crippen LogP contribution is -2.34. The van der Waals surface area contributed by atoms with Crippen LogP contribution in [0, 0.1) is 0 Å². The highest BCUT2D eigenvalue weighted by atomic mass is 16.6. The summed E-state index contributed by atoms with van der Waals surface area (Å²) in [5, 5.41) is 0. The van der Waals surface area contributed by atoms with E-state index in [-0.39, 0.29) is 24.5 Å². The van der Waals surface area contributed by atoms with E-state index in [4.69, 9.17) is 9.47 Å². The predicted molar refractivity (Wildman–Crippen MR) is 131 cm³/mol. The van der Waals surface area contributed by atoms with Gasteiger partial charge in [-0.2, -0.15) is 0 Å². The van der Waals surface area contributed by atoms with Gasteiger partial charge in [0.05, 0.1) is 13.5 Å². The van der Waals surface area contributed by atoms with E-state index in [9.17, 15) is 4.79 Å². The van der Waals surface area contributed by atoms with E-state index < -0.39 is 5.60 Å². The SMILES string of the molecule is COc1ccc([C@H](CC(=O)OC(C)(C)C)N(Cc2ccccc2)[C@H](C)c2ccccc2)cn1. The van der Waals surface area contributed by atoms with Crippen LogP contribution in [-0.2, 0) is 16.1 Å². The van der Waals surface area contributed by atoms with E-state index >= 15 is 0 Å². The van der Waals surface area contributed by atoms with Gasteiger partial charge >= 0.3 is 5.97 Å². The molecule has 0 aliphatic rings. The average Bonchev–Trinajstić information content (AvgIpc) is 2.81. The number of esters is 1. The lowest BCUT2D eigenvalue weighted by Gasteiger charge is -2.37. The number of pyridine rings is 1. The summed E-state index contributed by atoms with van der Waals surface area (Å²) in [4.78, 5) is 19.8. The molecule has 3 rings (SSSR count). The van der Waals surface area contributed by atoms with E-state index in [0.29, 0.717) is 12.4 Å². The van der Waals surface area contributed by atoms with Crippen LogP contribution in [0.5, 0.6) is 5.88 Å². The Hall–Kier alpha value is -3.18. The van der Waals surface area contributed by atoms with Gasteiger partial charge in [-0.15, -0.1) is 0 Å². The van der Waals surface area contributed by atoms with Gasteiger partial charge in [0.25, 0.3) is 0 Å². The van der Waals surface area contributed by atoms with Gasteiger partial charge in [0.2, 0.25) is 5.88 Å². The normalized spacial score (nSPS) is 13.4. The summed E-state index contributed by atoms with van der Waals surface area (Å²) in [6.07, 6.45) is 2.01. The largest absolute Gasteiger partial charge is 0.481 e. The van der Waals surface area contributed by atoms with E-state index in [2.05, 4.69) is 41.1 Å². The molecule has 0 fully saturated rings. The number of nitrogens with zero attached hydrogens (tertiary/aromatic N) is 2. The van der Waals surface area contributed by atoms with Gasteiger partial charge in [-0.3, -0.25) is 9.69 Å². The summed E-state index contributed by atoms with van der Waals surface area (Å²) in [5.74, 6) is 0.308. The molecule has 2 atom stereocenters. The first-order chi connectivity index (χ1) is 15.8. The highest BCUT2D eigenvalue weighted by molar-refractivity contribution is 5.71. The maximum absolute atomic E-state index is 13.0. The van der Waals surface area contributed by atoms with Crippen LogP contribution < -0.4 is 4.74 Å². The molecule has 0 saturated heterocycles. The summed E-state index contributed by atoms with van der Waals surface area (Å²) in [5.41, 5.74) is 2.76. The standard InChI is InChI=1S/C28H34N2O3/c1-21(23-14-10-7-11-15-23)30(20-22-12-8-6-9-13-22)25(18-27(31)33-28(2,3)4)24-16-17-26(32-5)29-19-24/h6-17,19,21,25H,18,20H2,1-5H3/t21-,25+/m1/s1. The Morgan fingerprint density at radius 3 is 2.12 bits per heavy atom. The van der Waals surface area contributed by atoms with Gasteiger partial charge in [0.15, 0.2) is 0 Å². The van der Waals surface area contributed by atoms with Crippen molar-refractivity contribution in [3.05, 3.63) is 95.7 Å². The fraction of sp³-hybridized carbons (Fsp3) is 0.357. The third-order valence-corrected chi connectivity index (χ3v) is 5.52. The molecule has 0 aliphatic carbocycles. The van der Waals surface area contributed by atoms with Crippen molar-refractivity contribution in [2.75, 3.05) is 7.11 Å². The number of ether oxygens (including phenoxy) is 2. The molecular formula is C28H34N2O3. The molecule has 0 spiro atoms. The summed E-state index contributed by atoms with van der Waals surface area (Å²) >= 11 is 0. The third kappa shape index (κ3) is 7.16. The van der Waals surface area contributed by atoms with Crippen LogP contribution in [0.1, 0.15) is 62.9 Å². The monoisotopic (exact) mass is 446 g/mol. The second-order valence-electron chi connectivity index (χ2n) is 9.18. The minimum absolute atomic E-state index is 0.0564. The van der Waals surface area contributed by atoms with E-state index in [1.807, 2.05) is 69.3 Å². The van der Waals surface area contributed by atoms with Crippen LogP contribution in [0.15, 0.2) is 79.0 Å². The molecule has 5 heteroatoms. The fourth-order valence-electron chi connectivity index (χ4n) is 3.91. The number of methoxy groups -OCH3 is 1. The summed E-state index contributed by atoms with van der Waals surface area (Å²) in [6.45, 7) is 8.53. The molecular weight excluding hydrogens is 412 g/mol. The summed E-state index contributed by atoms with van der Waals surface area (Å²) in [7, 11) is 1.60. The molecule has 5 nitrogen and oxygen atoms in total.